The Morgan fingerprint density at radius 2 is 1.58 bits per heavy atom. The normalized spacial score (nSPS) is 16.0. The van der Waals surface area contributed by atoms with Crippen molar-refractivity contribution in [3.63, 3.8) is 0 Å². The zero-order valence-corrected chi connectivity index (χ0v) is 13.8. The molecule has 4 nitrogen and oxygen atoms in total. The van der Waals surface area contributed by atoms with Crippen molar-refractivity contribution in [3.05, 3.63) is 54.1 Å². The molecule has 0 unspecified atom stereocenters. The molecule has 0 amide bonds. The van der Waals surface area contributed by atoms with Gasteiger partial charge in [0.05, 0.1) is 9.79 Å². The average molecular weight is 352 g/mol. The predicted octanol–water partition coefficient (Wildman–Crippen LogP) is 2.60. The molecule has 0 aliphatic carbocycles. The highest BCUT2D eigenvalue weighted by Gasteiger charge is 2.20. The Morgan fingerprint density at radius 3 is 2.29 bits per heavy atom. The van der Waals surface area contributed by atoms with Crippen molar-refractivity contribution in [2.24, 2.45) is 0 Å². The van der Waals surface area contributed by atoms with Gasteiger partial charge < -0.3 is 10.2 Å². The zero-order chi connectivity index (χ0) is 17.2. The molecular weight excluding hydrogens is 334 g/mol. The van der Waals surface area contributed by atoms with E-state index in [4.69, 9.17) is 0 Å². The van der Waals surface area contributed by atoms with Gasteiger partial charge in [-0.25, -0.2) is 17.2 Å². The van der Waals surface area contributed by atoms with Gasteiger partial charge in [-0.2, -0.15) is 0 Å². The van der Waals surface area contributed by atoms with Gasteiger partial charge in [0.2, 0.25) is 9.84 Å². The number of sulfone groups is 1. The molecule has 2 aromatic rings. The van der Waals surface area contributed by atoms with E-state index in [1.807, 2.05) is 0 Å². The van der Waals surface area contributed by atoms with Gasteiger partial charge in [-0.3, -0.25) is 0 Å². The Kier molecular flexibility index (Phi) is 4.82. The van der Waals surface area contributed by atoms with Crippen LogP contribution in [0.1, 0.15) is 6.42 Å². The van der Waals surface area contributed by atoms with Gasteiger partial charge in [0.25, 0.3) is 0 Å². The molecule has 0 aromatic heterocycles. The van der Waals surface area contributed by atoms with Gasteiger partial charge in [-0.1, -0.05) is 0 Å². The maximum atomic E-state index is 13.3. The lowest BCUT2D eigenvalue weighted by Crippen LogP contribution is -2.27. The molecule has 24 heavy (non-hydrogen) atoms. The van der Waals surface area contributed by atoms with Crippen molar-refractivity contribution < 1.29 is 17.2 Å². The zero-order valence-electron chi connectivity index (χ0n) is 13.0. The Hall–Kier alpha value is -1.99. The summed E-state index contributed by atoms with van der Waals surface area (Å²) in [5.41, 5.74) is 0.947. The van der Waals surface area contributed by atoms with Crippen LogP contribution in [0.3, 0.4) is 0 Å². The number of benzene rings is 2. The van der Waals surface area contributed by atoms with E-state index in [1.54, 1.807) is 12.1 Å². The van der Waals surface area contributed by atoms with Crippen LogP contribution in [-0.2, 0) is 9.84 Å². The molecule has 0 saturated carbocycles. The summed E-state index contributed by atoms with van der Waals surface area (Å²) in [6.45, 7) is 3.62. The minimum Gasteiger partial charge on any atom is -0.370 e. The number of rotatable bonds is 3. The molecular formula is C17H18F2N2O2S. The van der Waals surface area contributed by atoms with Crippen LogP contribution in [0.2, 0.25) is 0 Å². The number of hydrogen-bond donors (Lipinski definition) is 1. The lowest BCUT2D eigenvalue weighted by Gasteiger charge is -2.22. The fourth-order valence-electron chi connectivity index (χ4n) is 2.72. The fraction of sp³-hybridized carbons (Fsp3) is 0.294. The van der Waals surface area contributed by atoms with Crippen molar-refractivity contribution >= 4 is 15.5 Å². The molecule has 1 aliphatic heterocycles. The molecule has 1 saturated heterocycles. The largest absolute Gasteiger partial charge is 0.370 e. The molecule has 0 atom stereocenters. The van der Waals surface area contributed by atoms with Crippen molar-refractivity contribution in [2.75, 3.05) is 31.1 Å². The molecule has 1 aliphatic rings. The van der Waals surface area contributed by atoms with Crippen molar-refractivity contribution in [1.82, 2.24) is 5.32 Å². The third-order valence-electron chi connectivity index (χ3n) is 4.05. The molecule has 3 rings (SSSR count). The lowest BCUT2D eigenvalue weighted by molar-refractivity contribution is 0.504. The summed E-state index contributed by atoms with van der Waals surface area (Å²) in [4.78, 5) is 1.99. The minimum atomic E-state index is -3.87. The van der Waals surface area contributed by atoms with Crippen molar-refractivity contribution in [3.8, 4) is 0 Å². The van der Waals surface area contributed by atoms with Gasteiger partial charge in [0.1, 0.15) is 0 Å². The van der Waals surface area contributed by atoms with E-state index in [1.165, 1.54) is 12.1 Å². The second kappa shape index (κ2) is 6.86. The first-order valence-electron chi connectivity index (χ1n) is 7.74. The summed E-state index contributed by atoms with van der Waals surface area (Å²) in [5.74, 6) is -2.25. The molecule has 1 fully saturated rings. The van der Waals surface area contributed by atoms with Crippen LogP contribution < -0.4 is 10.2 Å². The lowest BCUT2D eigenvalue weighted by atomic mass is 10.2. The third kappa shape index (κ3) is 3.42. The number of hydrogen-bond acceptors (Lipinski definition) is 4. The van der Waals surface area contributed by atoms with E-state index >= 15 is 0 Å². The van der Waals surface area contributed by atoms with Gasteiger partial charge in [0, 0.05) is 25.3 Å². The standard InChI is InChI=1S/C17H18F2N2O2S/c18-16-7-6-15(12-17(16)19)24(22,23)14-4-2-13(3-5-14)21-10-1-8-20-9-11-21/h2-7,12,20H,1,8-11H2. The highest BCUT2D eigenvalue weighted by Crippen LogP contribution is 2.25. The van der Waals surface area contributed by atoms with E-state index in [2.05, 4.69) is 10.2 Å². The second-order valence-corrected chi connectivity index (χ2v) is 7.61. The van der Waals surface area contributed by atoms with Crippen LogP contribution in [0.4, 0.5) is 14.5 Å². The summed E-state index contributed by atoms with van der Waals surface area (Å²) in [7, 11) is -3.87. The topological polar surface area (TPSA) is 49.4 Å². The van der Waals surface area contributed by atoms with Crippen LogP contribution in [0.25, 0.3) is 0 Å². The Bertz CT molecular complexity index is 815. The Morgan fingerprint density at radius 1 is 0.875 bits per heavy atom. The third-order valence-corrected chi connectivity index (χ3v) is 5.82. The van der Waals surface area contributed by atoms with Gasteiger partial charge in [0.15, 0.2) is 11.6 Å². The summed E-state index contributed by atoms with van der Waals surface area (Å²) in [6.07, 6.45) is 1.02. The predicted molar refractivity (Wildman–Crippen MR) is 88.0 cm³/mol. The molecule has 1 heterocycles. The van der Waals surface area contributed by atoms with E-state index in [9.17, 15) is 17.2 Å². The number of halogens is 2. The number of anilines is 1. The first-order valence-corrected chi connectivity index (χ1v) is 9.23. The first kappa shape index (κ1) is 16.9. The summed E-state index contributed by atoms with van der Waals surface area (Å²) in [5, 5.41) is 3.31. The van der Waals surface area contributed by atoms with Crippen LogP contribution in [-0.4, -0.2) is 34.6 Å². The van der Waals surface area contributed by atoms with E-state index in [-0.39, 0.29) is 9.79 Å². The Balaban J connectivity index is 1.87. The molecule has 0 bridgehead atoms. The summed E-state index contributed by atoms with van der Waals surface area (Å²) in [6, 6.07) is 9.10. The Labute approximate surface area is 140 Å². The molecule has 0 spiro atoms. The van der Waals surface area contributed by atoms with E-state index in [0.717, 1.165) is 50.4 Å². The van der Waals surface area contributed by atoms with E-state index < -0.39 is 21.5 Å². The van der Waals surface area contributed by atoms with Crippen molar-refractivity contribution in [1.29, 1.82) is 0 Å². The van der Waals surface area contributed by atoms with Crippen LogP contribution >= 0.6 is 0 Å². The smallest absolute Gasteiger partial charge is 0.206 e. The fourth-order valence-corrected chi connectivity index (χ4v) is 3.99. The van der Waals surface area contributed by atoms with Crippen LogP contribution in [0, 0.1) is 11.6 Å². The second-order valence-electron chi connectivity index (χ2n) is 5.66. The van der Waals surface area contributed by atoms with Gasteiger partial charge in [-0.15, -0.1) is 0 Å². The number of nitrogens with one attached hydrogen (secondary N) is 1. The SMILES string of the molecule is O=S(=O)(c1ccc(N2CCCNCC2)cc1)c1ccc(F)c(F)c1. The molecule has 2 aromatic carbocycles. The van der Waals surface area contributed by atoms with E-state index in [0.29, 0.717) is 6.07 Å². The van der Waals surface area contributed by atoms with Crippen LogP contribution in [0.5, 0.6) is 0 Å². The summed E-state index contributed by atoms with van der Waals surface area (Å²) < 4.78 is 51.4. The van der Waals surface area contributed by atoms with Gasteiger partial charge >= 0.3 is 0 Å². The quantitative estimate of drug-likeness (QED) is 0.863. The highest BCUT2D eigenvalue weighted by atomic mass is 32.2. The maximum absolute atomic E-state index is 13.3. The van der Waals surface area contributed by atoms with Crippen molar-refractivity contribution in [2.45, 2.75) is 16.2 Å². The minimum absolute atomic E-state index is 0.0604. The van der Waals surface area contributed by atoms with Gasteiger partial charge in [-0.05, 0) is 55.4 Å². The highest BCUT2D eigenvalue weighted by molar-refractivity contribution is 7.91. The maximum Gasteiger partial charge on any atom is 0.206 e. The van der Waals surface area contributed by atoms with Crippen LogP contribution in [0.15, 0.2) is 52.3 Å². The molecule has 7 heteroatoms. The molecule has 0 radical (unpaired) electrons. The molecule has 1 N–H and O–H groups in total. The average Bonchev–Trinajstić information content (AvgIpc) is 2.86. The summed E-state index contributed by atoms with van der Waals surface area (Å²) >= 11 is 0. The number of nitrogens with zero attached hydrogens (tertiary/aromatic N) is 1. The monoisotopic (exact) mass is 352 g/mol. The first-order chi connectivity index (χ1) is 11.5. The molecule has 128 valence electrons.